The minimum absolute atomic E-state index is 0.0816. The molecular formula is C15H23NO2S. The maximum atomic E-state index is 11.1. The molecule has 0 bridgehead atoms. The van der Waals surface area contributed by atoms with Crippen molar-refractivity contribution in [2.24, 2.45) is 0 Å². The SMILES string of the molecule is CCOC(=O)CCCCCSc1cccc(N)c1C. The fraction of sp³-hybridized carbons (Fsp3) is 0.533. The Balaban J connectivity index is 2.14. The van der Waals surface area contributed by atoms with Gasteiger partial charge in [0.1, 0.15) is 0 Å². The summed E-state index contributed by atoms with van der Waals surface area (Å²) in [4.78, 5) is 12.4. The van der Waals surface area contributed by atoms with Crippen molar-refractivity contribution >= 4 is 23.4 Å². The lowest BCUT2D eigenvalue weighted by molar-refractivity contribution is -0.143. The fourth-order valence-corrected chi connectivity index (χ4v) is 2.83. The van der Waals surface area contributed by atoms with Crippen molar-refractivity contribution in [3.8, 4) is 0 Å². The predicted octanol–water partition coefficient (Wildman–Crippen LogP) is 3.79. The smallest absolute Gasteiger partial charge is 0.305 e. The van der Waals surface area contributed by atoms with Gasteiger partial charge in [-0.3, -0.25) is 4.79 Å². The van der Waals surface area contributed by atoms with Crippen molar-refractivity contribution < 1.29 is 9.53 Å². The number of carbonyl (C=O) groups excluding carboxylic acids is 1. The molecule has 0 heterocycles. The molecule has 1 aromatic rings. The number of thioether (sulfide) groups is 1. The van der Waals surface area contributed by atoms with E-state index in [4.69, 9.17) is 10.5 Å². The number of hydrogen-bond donors (Lipinski definition) is 1. The van der Waals surface area contributed by atoms with Crippen LogP contribution in [-0.2, 0) is 9.53 Å². The average Bonchev–Trinajstić information content (AvgIpc) is 2.38. The molecule has 0 saturated heterocycles. The van der Waals surface area contributed by atoms with Crippen LogP contribution in [0.2, 0.25) is 0 Å². The molecule has 0 aromatic heterocycles. The quantitative estimate of drug-likeness (QED) is 0.341. The van der Waals surface area contributed by atoms with Gasteiger partial charge >= 0.3 is 5.97 Å². The summed E-state index contributed by atoms with van der Waals surface area (Å²) in [7, 11) is 0. The van der Waals surface area contributed by atoms with E-state index in [1.807, 2.05) is 30.8 Å². The highest BCUT2D eigenvalue weighted by atomic mass is 32.2. The summed E-state index contributed by atoms with van der Waals surface area (Å²) >= 11 is 1.83. The molecule has 0 aliphatic heterocycles. The van der Waals surface area contributed by atoms with Crippen LogP contribution in [0.5, 0.6) is 0 Å². The molecule has 0 unspecified atom stereocenters. The van der Waals surface area contributed by atoms with Gasteiger partial charge in [0, 0.05) is 17.0 Å². The number of unbranched alkanes of at least 4 members (excludes halogenated alkanes) is 2. The van der Waals surface area contributed by atoms with Gasteiger partial charge in [0.15, 0.2) is 0 Å². The van der Waals surface area contributed by atoms with E-state index in [1.54, 1.807) is 0 Å². The van der Waals surface area contributed by atoms with E-state index >= 15 is 0 Å². The zero-order valence-electron chi connectivity index (χ0n) is 11.8. The molecule has 0 spiro atoms. The van der Waals surface area contributed by atoms with E-state index in [2.05, 4.69) is 13.0 Å². The van der Waals surface area contributed by atoms with Gasteiger partial charge in [0.05, 0.1) is 6.61 Å². The van der Waals surface area contributed by atoms with Crippen molar-refractivity contribution in [1.82, 2.24) is 0 Å². The average molecular weight is 281 g/mol. The lowest BCUT2D eigenvalue weighted by Crippen LogP contribution is -2.03. The summed E-state index contributed by atoms with van der Waals surface area (Å²) < 4.78 is 4.89. The van der Waals surface area contributed by atoms with E-state index in [0.29, 0.717) is 13.0 Å². The number of nitrogens with two attached hydrogens (primary N) is 1. The van der Waals surface area contributed by atoms with E-state index in [0.717, 1.165) is 30.7 Å². The number of carbonyl (C=O) groups is 1. The summed E-state index contributed by atoms with van der Waals surface area (Å²) in [5.74, 6) is 0.981. The van der Waals surface area contributed by atoms with E-state index in [-0.39, 0.29) is 5.97 Å². The number of nitrogen functional groups attached to an aromatic ring is 1. The highest BCUT2D eigenvalue weighted by Crippen LogP contribution is 2.26. The molecule has 0 aliphatic carbocycles. The zero-order chi connectivity index (χ0) is 14.1. The van der Waals surface area contributed by atoms with Crippen LogP contribution in [0.1, 0.15) is 38.2 Å². The first-order chi connectivity index (χ1) is 9.15. The first-order valence-corrected chi connectivity index (χ1v) is 7.77. The molecule has 0 saturated carbocycles. The molecule has 4 heteroatoms. The Hall–Kier alpha value is -1.16. The van der Waals surface area contributed by atoms with E-state index in [9.17, 15) is 4.79 Å². The predicted molar refractivity (Wildman–Crippen MR) is 81.4 cm³/mol. The van der Waals surface area contributed by atoms with Gasteiger partial charge in [-0.1, -0.05) is 12.5 Å². The Bertz CT molecular complexity index is 407. The lowest BCUT2D eigenvalue weighted by atomic mass is 10.2. The van der Waals surface area contributed by atoms with Crippen LogP contribution in [-0.4, -0.2) is 18.3 Å². The molecule has 0 aliphatic rings. The van der Waals surface area contributed by atoms with Crippen LogP contribution in [0, 0.1) is 6.92 Å². The molecular weight excluding hydrogens is 258 g/mol. The first-order valence-electron chi connectivity index (χ1n) is 6.78. The number of rotatable bonds is 8. The molecule has 0 radical (unpaired) electrons. The third-order valence-electron chi connectivity index (χ3n) is 2.91. The Morgan fingerprint density at radius 3 is 2.84 bits per heavy atom. The number of benzene rings is 1. The Kier molecular flexibility index (Phi) is 7.41. The summed E-state index contributed by atoms with van der Waals surface area (Å²) in [5.41, 5.74) is 7.89. The second kappa shape index (κ2) is 8.86. The third kappa shape index (κ3) is 6.01. The maximum Gasteiger partial charge on any atom is 0.305 e. The number of hydrogen-bond acceptors (Lipinski definition) is 4. The highest BCUT2D eigenvalue weighted by molar-refractivity contribution is 7.99. The molecule has 106 valence electrons. The second-order valence-electron chi connectivity index (χ2n) is 4.43. The molecule has 0 fully saturated rings. The van der Waals surface area contributed by atoms with Crippen LogP contribution >= 0.6 is 11.8 Å². The number of esters is 1. The third-order valence-corrected chi connectivity index (χ3v) is 4.16. The van der Waals surface area contributed by atoms with Crippen LogP contribution in [0.3, 0.4) is 0 Å². The Labute approximate surface area is 119 Å². The minimum Gasteiger partial charge on any atom is -0.466 e. The maximum absolute atomic E-state index is 11.1. The molecule has 1 rings (SSSR count). The van der Waals surface area contributed by atoms with Gasteiger partial charge in [0.25, 0.3) is 0 Å². The van der Waals surface area contributed by atoms with Gasteiger partial charge in [-0.15, -0.1) is 11.8 Å². The Morgan fingerprint density at radius 1 is 1.32 bits per heavy atom. The summed E-state index contributed by atoms with van der Waals surface area (Å²) in [5, 5.41) is 0. The fourth-order valence-electron chi connectivity index (χ4n) is 1.75. The molecule has 19 heavy (non-hydrogen) atoms. The summed E-state index contributed by atoms with van der Waals surface area (Å²) in [6, 6.07) is 6.03. The first kappa shape index (κ1) is 15.9. The van der Waals surface area contributed by atoms with Crippen molar-refractivity contribution in [2.45, 2.75) is 44.4 Å². The molecule has 2 N–H and O–H groups in total. The largest absolute Gasteiger partial charge is 0.466 e. The monoisotopic (exact) mass is 281 g/mol. The van der Waals surface area contributed by atoms with Gasteiger partial charge < -0.3 is 10.5 Å². The van der Waals surface area contributed by atoms with E-state index < -0.39 is 0 Å². The zero-order valence-corrected chi connectivity index (χ0v) is 12.6. The Morgan fingerprint density at radius 2 is 2.11 bits per heavy atom. The van der Waals surface area contributed by atoms with Crippen molar-refractivity contribution in [3.05, 3.63) is 23.8 Å². The van der Waals surface area contributed by atoms with Gasteiger partial charge in [-0.2, -0.15) is 0 Å². The highest BCUT2D eigenvalue weighted by Gasteiger charge is 2.03. The normalized spacial score (nSPS) is 10.4. The standard InChI is InChI=1S/C15H23NO2S/c1-3-18-15(17)10-5-4-6-11-19-14-9-7-8-13(16)12(14)2/h7-9H,3-6,10-11,16H2,1-2H3. The van der Waals surface area contributed by atoms with Crippen molar-refractivity contribution in [2.75, 3.05) is 18.1 Å². The lowest BCUT2D eigenvalue weighted by Gasteiger charge is -2.07. The number of ether oxygens (including phenoxy) is 1. The van der Waals surface area contributed by atoms with Crippen LogP contribution in [0.4, 0.5) is 5.69 Å². The van der Waals surface area contributed by atoms with Crippen LogP contribution in [0.15, 0.2) is 23.1 Å². The number of anilines is 1. The van der Waals surface area contributed by atoms with Crippen molar-refractivity contribution in [3.63, 3.8) is 0 Å². The second-order valence-corrected chi connectivity index (χ2v) is 5.57. The van der Waals surface area contributed by atoms with Crippen molar-refractivity contribution in [1.29, 1.82) is 0 Å². The molecule has 0 atom stereocenters. The summed E-state index contributed by atoms with van der Waals surface area (Å²) in [6.07, 6.45) is 3.62. The van der Waals surface area contributed by atoms with E-state index in [1.165, 1.54) is 10.5 Å². The molecule has 0 amide bonds. The van der Waals surface area contributed by atoms with Gasteiger partial charge in [-0.05, 0) is 50.1 Å². The summed E-state index contributed by atoms with van der Waals surface area (Å²) in [6.45, 7) is 4.37. The van der Waals surface area contributed by atoms with Crippen LogP contribution < -0.4 is 5.73 Å². The minimum atomic E-state index is -0.0816. The topological polar surface area (TPSA) is 52.3 Å². The van der Waals surface area contributed by atoms with Gasteiger partial charge in [0.2, 0.25) is 0 Å². The molecule has 3 nitrogen and oxygen atoms in total. The van der Waals surface area contributed by atoms with Crippen LogP contribution in [0.25, 0.3) is 0 Å². The molecule has 1 aromatic carbocycles. The van der Waals surface area contributed by atoms with Gasteiger partial charge in [-0.25, -0.2) is 0 Å².